The molecule has 0 spiro atoms. The largest absolute Gasteiger partial charge is 0.455 e. The van der Waals surface area contributed by atoms with Gasteiger partial charge in [-0.1, -0.05) is 231 Å². The molecule has 0 atom stereocenters. The maximum atomic E-state index is 6.84. The minimum Gasteiger partial charge on any atom is -0.455 e. The first-order valence-electron chi connectivity index (χ1n) is 23.9. The number of fused-ring (bicyclic) bond motifs is 3. The van der Waals surface area contributed by atoms with Gasteiger partial charge in [-0.05, 0) is 114 Å². The third kappa shape index (κ3) is 7.22. The second-order valence-corrected chi connectivity index (χ2v) is 17.9. The maximum absolute atomic E-state index is 6.84. The van der Waals surface area contributed by atoms with Gasteiger partial charge in [0.2, 0.25) is 0 Å². The lowest BCUT2D eigenvalue weighted by Crippen LogP contribution is -1.95. The molecule has 0 saturated carbocycles. The van der Waals surface area contributed by atoms with Crippen molar-refractivity contribution in [3.8, 4) is 101 Å². The zero-order valence-corrected chi connectivity index (χ0v) is 38.2. The first-order valence-corrected chi connectivity index (χ1v) is 23.9. The fourth-order valence-corrected chi connectivity index (χ4v) is 10.5. The molecule has 0 radical (unpaired) electrons. The Bertz CT molecular complexity index is 4010. The monoisotopic (exact) mass is 892 g/mol. The van der Waals surface area contributed by atoms with Crippen molar-refractivity contribution in [3.63, 3.8) is 0 Å². The summed E-state index contributed by atoms with van der Waals surface area (Å²) >= 11 is 0. The summed E-state index contributed by atoms with van der Waals surface area (Å²) < 4.78 is 13.7. The van der Waals surface area contributed by atoms with Crippen molar-refractivity contribution in [2.45, 2.75) is 0 Å². The van der Waals surface area contributed by atoms with Crippen molar-refractivity contribution >= 4 is 32.7 Å². The van der Waals surface area contributed by atoms with Crippen LogP contribution in [0, 0.1) is 0 Å². The van der Waals surface area contributed by atoms with Crippen molar-refractivity contribution in [3.05, 3.63) is 267 Å². The van der Waals surface area contributed by atoms with Crippen LogP contribution in [0.1, 0.15) is 0 Å². The van der Waals surface area contributed by atoms with E-state index in [0.717, 1.165) is 117 Å². The molecule has 0 bridgehead atoms. The zero-order chi connectivity index (χ0) is 46.4. The highest BCUT2D eigenvalue weighted by molar-refractivity contribution is 6.09. The Morgan fingerprint density at radius 2 is 0.586 bits per heavy atom. The highest BCUT2D eigenvalue weighted by Crippen LogP contribution is 2.50. The van der Waals surface area contributed by atoms with E-state index < -0.39 is 0 Å². The summed E-state index contributed by atoms with van der Waals surface area (Å²) in [4.78, 5) is 0. The quantitative estimate of drug-likeness (QED) is 0.144. The molecule has 0 aliphatic heterocycles. The van der Waals surface area contributed by atoms with Crippen molar-refractivity contribution < 1.29 is 8.83 Å². The topological polar surface area (TPSA) is 26.3 Å². The fraction of sp³-hybridized carbons (Fsp3) is 0. The van der Waals surface area contributed by atoms with Gasteiger partial charge in [0, 0.05) is 33.0 Å². The van der Waals surface area contributed by atoms with Crippen LogP contribution < -0.4 is 0 Å². The summed E-state index contributed by atoms with van der Waals surface area (Å²) in [7, 11) is 0. The smallest absolute Gasteiger partial charge is 0.143 e. The Morgan fingerprint density at radius 3 is 1.10 bits per heavy atom. The van der Waals surface area contributed by atoms with Crippen molar-refractivity contribution in [1.82, 2.24) is 0 Å². The third-order valence-corrected chi connectivity index (χ3v) is 13.7. The molecule has 2 heterocycles. The number of benzene rings is 11. The van der Waals surface area contributed by atoms with E-state index in [1.807, 2.05) is 0 Å². The Hall–Kier alpha value is -9.24. The number of furan rings is 2. The molecule has 13 aromatic rings. The van der Waals surface area contributed by atoms with Gasteiger partial charge in [0.1, 0.15) is 22.7 Å². The van der Waals surface area contributed by atoms with Gasteiger partial charge in [-0.3, -0.25) is 0 Å². The number of hydrogen-bond acceptors (Lipinski definition) is 2. The van der Waals surface area contributed by atoms with Gasteiger partial charge in [0.05, 0.1) is 0 Å². The van der Waals surface area contributed by atoms with Gasteiger partial charge in [-0.2, -0.15) is 0 Å². The molecule has 0 aliphatic carbocycles. The van der Waals surface area contributed by atoms with E-state index in [4.69, 9.17) is 8.83 Å². The Labute approximate surface area is 407 Å². The lowest BCUT2D eigenvalue weighted by Gasteiger charge is -2.21. The molecule has 0 amide bonds. The average Bonchev–Trinajstić information content (AvgIpc) is 4.03. The van der Waals surface area contributed by atoms with E-state index in [2.05, 4.69) is 267 Å². The number of hydrogen-bond donors (Lipinski definition) is 0. The van der Waals surface area contributed by atoms with Gasteiger partial charge in [0.15, 0.2) is 0 Å². The zero-order valence-electron chi connectivity index (χ0n) is 38.2. The molecule has 70 heavy (non-hydrogen) atoms. The van der Waals surface area contributed by atoms with E-state index >= 15 is 0 Å². The molecule has 0 unspecified atom stereocenters. The first-order chi connectivity index (χ1) is 34.7. The van der Waals surface area contributed by atoms with Gasteiger partial charge >= 0.3 is 0 Å². The molecule has 2 heteroatoms. The molecular weight excluding hydrogens is 849 g/mol. The van der Waals surface area contributed by atoms with Crippen LogP contribution in [-0.2, 0) is 0 Å². The summed E-state index contributed by atoms with van der Waals surface area (Å²) in [6.45, 7) is 0. The maximum Gasteiger partial charge on any atom is 0.143 e. The highest BCUT2D eigenvalue weighted by Gasteiger charge is 2.24. The van der Waals surface area contributed by atoms with E-state index in [-0.39, 0.29) is 0 Å². The van der Waals surface area contributed by atoms with Crippen molar-refractivity contribution in [2.75, 3.05) is 0 Å². The predicted octanol–water partition coefficient (Wildman–Crippen LogP) is 19.3. The highest BCUT2D eigenvalue weighted by atomic mass is 16.3. The summed E-state index contributed by atoms with van der Waals surface area (Å²) in [5, 5.41) is 4.51. The minimum atomic E-state index is 0.844. The van der Waals surface area contributed by atoms with E-state index in [1.165, 1.54) is 16.3 Å². The van der Waals surface area contributed by atoms with Crippen LogP contribution in [0.4, 0.5) is 0 Å². The first kappa shape index (κ1) is 41.0. The molecular formula is C68H44O2. The molecule has 0 aliphatic rings. The Kier molecular flexibility index (Phi) is 10.2. The predicted molar refractivity (Wildman–Crippen MR) is 292 cm³/mol. The van der Waals surface area contributed by atoms with Crippen LogP contribution in [0.3, 0.4) is 0 Å². The van der Waals surface area contributed by atoms with Gasteiger partial charge in [-0.25, -0.2) is 0 Å². The average molecular weight is 893 g/mol. The number of rotatable bonds is 9. The molecule has 13 rings (SSSR count). The van der Waals surface area contributed by atoms with Crippen molar-refractivity contribution in [2.24, 2.45) is 0 Å². The standard InChI is InChI=1S/C68H44O2/c1-6-21-45(22-7-1)53-34-18-19-35-55(53)59-43-58(52-38-40-64-62(42-52)66(48-26-10-3-11-27-48)68(70-64)50-30-14-5-15-31-50)60(56-36-20-32-46-23-16-17-33-54(46)56)44-57(59)51-37-39-63-61(41-51)65(47-24-8-2-9-25-47)67(69-63)49-28-12-4-13-29-49/h1-44H. The summed E-state index contributed by atoms with van der Waals surface area (Å²) in [5.41, 5.74) is 19.5. The third-order valence-electron chi connectivity index (χ3n) is 13.7. The second kappa shape index (κ2) is 17.4. The van der Waals surface area contributed by atoms with E-state index in [9.17, 15) is 0 Å². The lowest BCUT2D eigenvalue weighted by molar-refractivity contribution is 0.632. The molecule has 328 valence electrons. The van der Waals surface area contributed by atoms with E-state index in [0.29, 0.717) is 0 Å². The van der Waals surface area contributed by atoms with Crippen LogP contribution in [0.2, 0.25) is 0 Å². The van der Waals surface area contributed by atoms with Gasteiger partial charge < -0.3 is 8.83 Å². The molecule has 2 nitrogen and oxygen atoms in total. The molecule has 0 fully saturated rings. The molecule has 0 saturated heterocycles. The van der Waals surface area contributed by atoms with E-state index in [1.54, 1.807) is 0 Å². The van der Waals surface area contributed by atoms with Crippen molar-refractivity contribution in [1.29, 1.82) is 0 Å². The summed E-state index contributed by atoms with van der Waals surface area (Å²) in [5.74, 6) is 1.72. The molecule has 0 N–H and O–H groups in total. The van der Waals surface area contributed by atoms with Crippen LogP contribution in [0.5, 0.6) is 0 Å². The normalized spacial score (nSPS) is 11.4. The van der Waals surface area contributed by atoms with Gasteiger partial charge in [-0.15, -0.1) is 0 Å². The fourth-order valence-electron chi connectivity index (χ4n) is 10.5. The SMILES string of the molecule is c1ccc(-c2ccccc2-c2cc(-c3ccc4oc(-c5ccccc5)c(-c5ccccc5)c4c3)c(-c3cccc4ccccc34)cc2-c2ccc3oc(-c4ccccc4)c(-c4ccccc4)c3c2)cc1. The lowest BCUT2D eigenvalue weighted by atomic mass is 9.82. The Balaban J connectivity index is 1.13. The summed E-state index contributed by atoms with van der Waals surface area (Å²) in [6, 6.07) is 95.6. The van der Waals surface area contributed by atoms with Crippen LogP contribution in [0.15, 0.2) is 276 Å². The Morgan fingerprint density at radius 1 is 0.200 bits per heavy atom. The summed E-state index contributed by atoms with van der Waals surface area (Å²) in [6.07, 6.45) is 0. The van der Waals surface area contributed by atoms with Crippen LogP contribution >= 0.6 is 0 Å². The second-order valence-electron chi connectivity index (χ2n) is 17.9. The molecule has 2 aromatic heterocycles. The van der Waals surface area contributed by atoms with Crippen LogP contribution in [-0.4, -0.2) is 0 Å². The van der Waals surface area contributed by atoms with Gasteiger partial charge in [0.25, 0.3) is 0 Å². The minimum absolute atomic E-state index is 0.844. The molecule has 11 aromatic carbocycles. The van der Waals surface area contributed by atoms with Crippen LogP contribution in [0.25, 0.3) is 133 Å².